The third-order valence-corrected chi connectivity index (χ3v) is 2.98. The van der Waals surface area contributed by atoms with Gasteiger partial charge in [-0.3, -0.25) is 0 Å². The lowest BCUT2D eigenvalue weighted by Gasteiger charge is -2.08. The first-order valence-corrected chi connectivity index (χ1v) is 6.32. The second-order valence-electron chi connectivity index (χ2n) is 4.12. The quantitative estimate of drug-likeness (QED) is 0.847. The van der Waals surface area contributed by atoms with E-state index in [4.69, 9.17) is 22.1 Å². The van der Waals surface area contributed by atoms with E-state index in [9.17, 15) is 0 Å². The zero-order valence-corrected chi connectivity index (χ0v) is 11.1. The summed E-state index contributed by atoms with van der Waals surface area (Å²) in [7, 11) is 0. The van der Waals surface area contributed by atoms with Crippen molar-refractivity contribution in [2.45, 2.75) is 13.3 Å². The molecule has 2 N–H and O–H groups in total. The van der Waals surface area contributed by atoms with Gasteiger partial charge < -0.3 is 10.5 Å². The molecule has 0 aliphatic heterocycles. The average Bonchev–Trinajstić information content (AvgIpc) is 2.36. The Morgan fingerprint density at radius 3 is 2.33 bits per heavy atom. The highest BCUT2D eigenvalue weighted by Crippen LogP contribution is 2.26. The highest BCUT2D eigenvalue weighted by Gasteiger charge is 2.03. The lowest BCUT2D eigenvalue weighted by molar-refractivity contribution is 0.340. The molecule has 18 heavy (non-hydrogen) atoms. The van der Waals surface area contributed by atoms with Crippen LogP contribution < -0.4 is 10.5 Å². The Hall–Kier alpha value is -1.67. The zero-order valence-electron chi connectivity index (χ0n) is 10.3. The molecule has 0 fully saturated rings. The molecule has 0 saturated heterocycles. The molecule has 0 spiro atoms. The van der Waals surface area contributed by atoms with Crippen LogP contribution in [0, 0.1) is 0 Å². The summed E-state index contributed by atoms with van der Waals surface area (Å²) in [5.74, 6) is 0.736. The number of benzene rings is 2. The molecule has 2 nitrogen and oxygen atoms in total. The number of halogens is 1. The summed E-state index contributed by atoms with van der Waals surface area (Å²) in [6, 6.07) is 13.8. The molecule has 0 heterocycles. The van der Waals surface area contributed by atoms with Gasteiger partial charge in [0, 0.05) is 5.69 Å². The number of nitrogens with two attached hydrogens (primary N) is 1. The van der Waals surface area contributed by atoms with Crippen LogP contribution in [-0.2, 0) is 6.42 Å². The molecular formula is C15H16ClNO. The minimum Gasteiger partial charge on any atom is -0.492 e. The first-order valence-electron chi connectivity index (χ1n) is 5.94. The molecule has 0 saturated carbocycles. The second-order valence-corrected chi connectivity index (χ2v) is 4.52. The fraction of sp³-hybridized carbons (Fsp3) is 0.200. The van der Waals surface area contributed by atoms with Gasteiger partial charge in [-0.05, 0) is 48.7 Å². The molecule has 2 aromatic rings. The summed E-state index contributed by atoms with van der Waals surface area (Å²) in [5.41, 5.74) is 8.81. The van der Waals surface area contributed by atoms with Crippen LogP contribution in [0.4, 0.5) is 5.69 Å². The highest BCUT2D eigenvalue weighted by atomic mass is 35.5. The van der Waals surface area contributed by atoms with Crippen molar-refractivity contribution in [3.8, 4) is 5.75 Å². The predicted octanol–water partition coefficient (Wildman–Crippen LogP) is 3.91. The van der Waals surface area contributed by atoms with Crippen molar-refractivity contribution in [3.63, 3.8) is 0 Å². The Balaban J connectivity index is 2.14. The molecule has 2 rings (SSSR count). The summed E-state index contributed by atoms with van der Waals surface area (Å²) in [4.78, 5) is 0. The molecule has 0 aromatic heterocycles. The van der Waals surface area contributed by atoms with Gasteiger partial charge in [0.2, 0.25) is 0 Å². The highest BCUT2D eigenvalue weighted by molar-refractivity contribution is 6.32. The van der Waals surface area contributed by atoms with Crippen molar-refractivity contribution in [3.05, 3.63) is 58.6 Å². The van der Waals surface area contributed by atoms with Gasteiger partial charge in [0.25, 0.3) is 0 Å². The third kappa shape index (κ3) is 3.17. The minimum absolute atomic E-state index is 0.622. The second kappa shape index (κ2) is 5.78. The Labute approximate surface area is 112 Å². The van der Waals surface area contributed by atoms with Crippen LogP contribution in [-0.4, -0.2) is 6.61 Å². The van der Waals surface area contributed by atoms with Crippen molar-refractivity contribution < 1.29 is 4.74 Å². The van der Waals surface area contributed by atoms with E-state index < -0.39 is 0 Å². The molecule has 0 aliphatic carbocycles. The summed E-state index contributed by atoms with van der Waals surface area (Å²) < 4.78 is 5.41. The lowest BCUT2D eigenvalue weighted by Crippen LogP contribution is -1.94. The normalized spacial score (nSPS) is 10.3. The average molecular weight is 262 g/mol. The Bertz CT molecular complexity index is 523. The minimum atomic E-state index is 0.622. The van der Waals surface area contributed by atoms with Crippen LogP contribution in [0.1, 0.15) is 18.1 Å². The number of rotatable bonds is 4. The molecule has 3 heteroatoms. The number of hydrogen-bond donors (Lipinski definition) is 1. The molecule has 0 atom stereocenters. The standard InChI is InChI=1S/C15H16ClNO/c1-2-18-15-8-5-12(10-14(15)16)9-11-3-6-13(17)7-4-11/h3-8,10H,2,9,17H2,1H3. The van der Waals surface area contributed by atoms with E-state index in [-0.39, 0.29) is 0 Å². The Morgan fingerprint density at radius 2 is 1.72 bits per heavy atom. The fourth-order valence-electron chi connectivity index (χ4n) is 1.80. The monoisotopic (exact) mass is 261 g/mol. The first kappa shape index (κ1) is 12.8. The molecule has 2 aromatic carbocycles. The van der Waals surface area contributed by atoms with Crippen LogP contribution in [0.5, 0.6) is 5.75 Å². The van der Waals surface area contributed by atoms with E-state index in [0.717, 1.165) is 23.4 Å². The van der Waals surface area contributed by atoms with Gasteiger partial charge in [0.05, 0.1) is 11.6 Å². The van der Waals surface area contributed by atoms with Crippen molar-refractivity contribution in [2.24, 2.45) is 0 Å². The third-order valence-electron chi connectivity index (χ3n) is 2.68. The van der Waals surface area contributed by atoms with Gasteiger partial charge >= 0.3 is 0 Å². The van der Waals surface area contributed by atoms with Crippen LogP contribution >= 0.6 is 11.6 Å². The van der Waals surface area contributed by atoms with Gasteiger partial charge in [0.1, 0.15) is 5.75 Å². The number of ether oxygens (including phenoxy) is 1. The van der Waals surface area contributed by atoms with Gasteiger partial charge in [0.15, 0.2) is 0 Å². The van der Waals surface area contributed by atoms with Gasteiger partial charge in [-0.1, -0.05) is 29.8 Å². The van der Waals surface area contributed by atoms with E-state index in [1.807, 2.05) is 49.4 Å². The van der Waals surface area contributed by atoms with E-state index in [2.05, 4.69) is 0 Å². The molecule has 0 radical (unpaired) electrons. The van der Waals surface area contributed by atoms with Gasteiger partial charge in [-0.2, -0.15) is 0 Å². The zero-order chi connectivity index (χ0) is 13.0. The van der Waals surface area contributed by atoms with E-state index >= 15 is 0 Å². The van der Waals surface area contributed by atoms with Crippen LogP contribution in [0.2, 0.25) is 5.02 Å². The molecule has 0 amide bonds. The molecular weight excluding hydrogens is 246 g/mol. The fourth-order valence-corrected chi connectivity index (χ4v) is 2.06. The molecule has 94 valence electrons. The van der Waals surface area contributed by atoms with Crippen LogP contribution in [0.25, 0.3) is 0 Å². The molecule has 0 aliphatic rings. The van der Waals surface area contributed by atoms with Gasteiger partial charge in [-0.25, -0.2) is 0 Å². The number of hydrogen-bond acceptors (Lipinski definition) is 2. The molecule has 0 bridgehead atoms. The van der Waals surface area contributed by atoms with Crippen LogP contribution in [0.15, 0.2) is 42.5 Å². The predicted molar refractivity (Wildman–Crippen MR) is 76.3 cm³/mol. The smallest absolute Gasteiger partial charge is 0.137 e. The van der Waals surface area contributed by atoms with Crippen molar-refractivity contribution in [1.82, 2.24) is 0 Å². The van der Waals surface area contributed by atoms with E-state index in [1.165, 1.54) is 5.56 Å². The maximum atomic E-state index is 6.15. The number of nitrogen functional groups attached to an aromatic ring is 1. The van der Waals surface area contributed by atoms with Crippen molar-refractivity contribution in [2.75, 3.05) is 12.3 Å². The maximum Gasteiger partial charge on any atom is 0.137 e. The van der Waals surface area contributed by atoms with Crippen LogP contribution in [0.3, 0.4) is 0 Å². The molecule has 0 unspecified atom stereocenters. The number of anilines is 1. The SMILES string of the molecule is CCOc1ccc(Cc2ccc(N)cc2)cc1Cl. The maximum absolute atomic E-state index is 6.15. The summed E-state index contributed by atoms with van der Waals surface area (Å²) in [6.45, 7) is 2.57. The topological polar surface area (TPSA) is 35.2 Å². The van der Waals surface area contributed by atoms with E-state index in [1.54, 1.807) is 0 Å². The summed E-state index contributed by atoms with van der Waals surface area (Å²) >= 11 is 6.15. The van der Waals surface area contributed by atoms with Gasteiger partial charge in [-0.15, -0.1) is 0 Å². The summed E-state index contributed by atoms with van der Waals surface area (Å²) in [5, 5.41) is 0.657. The largest absolute Gasteiger partial charge is 0.492 e. The van der Waals surface area contributed by atoms with E-state index in [0.29, 0.717) is 11.6 Å². The first-order chi connectivity index (χ1) is 8.69. The lowest BCUT2D eigenvalue weighted by atomic mass is 10.0. The van der Waals surface area contributed by atoms with Crippen molar-refractivity contribution >= 4 is 17.3 Å². The Kier molecular flexibility index (Phi) is 4.11. The Morgan fingerprint density at radius 1 is 1.06 bits per heavy atom. The summed E-state index contributed by atoms with van der Waals surface area (Å²) in [6.07, 6.45) is 0.840. The van der Waals surface area contributed by atoms with Crippen molar-refractivity contribution in [1.29, 1.82) is 0 Å².